The molecule has 2 aromatic carbocycles. The topological polar surface area (TPSA) is 3.24 Å². The standard InChI is InChI=1S/C26H37N/c1-2-3-4-5-6-7-8-9-10-17-22-27(23-25-18-13-11-14-19-25)24-26-20-15-12-16-21-26/h2-3,11-16,18-21H,4-10,17,22-24H2,1H3/b3-2+. The number of nitrogens with zero attached hydrogens (tertiary/aromatic N) is 1. The van der Waals surface area contributed by atoms with Crippen LogP contribution in [0.2, 0.25) is 0 Å². The van der Waals surface area contributed by atoms with E-state index in [2.05, 4.69) is 84.6 Å². The fraction of sp³-hybridized carbons (Fsp3) is 0.462. The van der Waals surface area contributed by atoms with Gasteiger partial charge in [-0.1, -0.05) is 105 Å². The summed E-state index contributed by atoms with van der Waals surface area (Å²) in [5.74, 6) is 0. The van der Waals surface area contributed by atoms with Crippen LogP contribution in [0.1, 0.15) is 69.4 Å². The van der Waals surface area contributed by atoms with Crippen LogP contribution in [-0.4, -0.2) is 11.4 Å². The molecule has 0 aromatic heterocycles. The predicted octanol–water partition coefficient (Wildman–Crippen LogP) is 7.39. The summed E-state index contributed by atoms with van der Waals surface area (Å²) in [7, 11) is 0. The Morgan fingerprint density at radius 2 is 1.11 bits per heavy atom. The molecule has 0 amide bonds. The van der Waals surface area contributed by atoms with Gasteiger partial charge in [0.25, 0.3) is 0 Å². The van der Waals surface area contributed by atoms with Crippen LogP contribution in [0.15, 0.2) is 72.8 Å². The second kappa shape index (κ2) is 14.2. The van der Waals surface area contributed by atoms with E-state index in [4.69, 9.17) is 0 Å². The maximum atomic E-state index is 2.60. The molecular formula is C26H37N. The summed E-state index contributed by atoms with van der Waals surface area (Å²) in [6.07, 6.45) is 15.3. The molecule has 0 aliphatic rings. The second-order valence-corrected chi connectivity index (χ2v) is 7.51. The maximum Gasteiger partial charge on any atom is 0.0237 e. The zero-order valence-corrected chi connectivity index (χ0v) is 17.2. The summed E-state index contributed by atoms with van der Waals surface area (Å²) in [6.45, 7) is 5.38. The van der Waals surface area contributed by atoms with Gasteiger partial charge in [0, 0.05) is 13.1 Å². The Balaban J connectivity index is 1.67. The van der Waals surface area contributed by atoms with Crippen molar-refractivity contribution in [2.75, 3.05) is 6.54 Å². The van der Waals surface area contributed by atoms with Crippen molar-refractivity contribution in [1.29, 1.82) is 0 Å². The first-order valence-corrected chi connectivity index (χ1v) is 10.8. The van der Waals surface area contributed by atoms with Gasteiger partial charge in [0.15, 0.2) is 0 Å². The maximum absolute atomic E-state index is 2.60. The fourth-order valence-corrected chi connectivity index (χ4v) is 3.55. The first-order chi connectivity index (χ1) is 13.4. The monoisotopic (exact) mass is 363 g/mol. The molecule has 0 aliphatic carbocycles. The van der Waals surface area contributed by atoms with E-state index in [-0.39, 0.29) is 0 Å². The molecule has 0 saturated carbocycles. The SMILES string of the molecule is C/C=C/CCCCCCCCCN(Cc1ccccc1)Cc1ccccc1. The minimum atomic E-state index is 1.04. The minimum absolute atomic E-state index is 1.04. The normalized spacial score (nSPS) is 11.5. The molecule has 146 valence electrons. The van der Waals surface area contributed by atoms with Crippen LogP contribution < -0.4 is 0 Å². The summed E-state index contributed by atoms with van der Waals surface area (Å²) in [4.78, 5) is 2.60. The van der Waals surface area contributed by atoms with Crippen molar-refractivity contribution in [2.24, 2.45) is 0 Å². The summed E-state index contributed by atoms with van der Waals surface area (Å²) >= 11 is 0. The van der Waals surface area contributed by atoms with Gasteiger partial charge in [-0.3, -0.25) is 4.90 Å². The van der Waals surface area contributed by atoms with E-state index < -0.39 is 0 Å². The molecule has 0 heterocycles. The van der Waals surface area contributed by atoms with Gasteiger partial charge in [-0.15, -0.1) is 0 Å². The lowest BCUT2D eigenvalue weighted by Crippen LogP contribution is -2.24. The molecular weight excluding hydrogens is 326 g/mol. The zero-order valence-electron chi connectivity index (χ0n) is 17.2. The van der Waals surface area contributed by atoms with Crippen LogP contribution in [-0.2, 0) is 13.1 Å². The van der Waals surface area contributed by atoms with Gasteiger partial charge in [0.1, 0.15) is 0 Å². The smallest absolute Gasteiger partial charge is 0.0237 e. The Hall–Kier alpha value is -1.86. The van der Waals surface area contributed by atoms with Gasteiger partial charge in [-0.05, 0) is 43.9 Å². The Labute approximate surface area is 167 Å². The van der Waals surface area contributed by atoms with E-state index in [0.717, 1.165) is 13.1 Å². The Kier molecular flexibility index (Phi) is 11.3. The first-order valence-electron chi connectivity index (χ1n) is 10.8. The summed E-state index contributed by atoms with van der Waals surface area (Å²) in [5, 5.41) is 0. The van der Waals surface area contributed by atoms with Crippen molar-refractivity contribution in [3.05, 3.63) is 83.9 Å². The van der Waals surface area contributed by atoms with E-state index in [0.29, 0.717) is 0 Å². The average molecular weight is 364 g/mol. The van der Waals surface area contributed by atoms with Crippen molar-refractivity contribution < 1.29 is 0 Å². The molecule has 0 spiro atoms. The minimum Gasteiger partial charge on any atom is -0.295 e. The van der Waals surface area contributed by atoms with Gasteiger partial charge in [0.2, 0.25) is 0 Å². The molecule has 0 bridgehead atoms. The molecule has 0 radical (unpaired) electrons. The lowest BCUT2D eigenvalue weighted by Gasteiger charge is -2.22. The van der Waals surface area contributed by atoms with Gasteiger partial charge >= 0.3 is 0 Å². The molecule has 0 N–H and O–H groups in total. The Morgan fingerprint density at radius 3 is 1.63 bits per heavy atom. The number of benzene rings is 2. The molecule has 0 aliphatic heterocycles. The molecule has 0 fully saturated rings. The van der Waals surface area contributed by atoms with Crippen molar-refractivity contribution in [2.45, 2.75) is 71.4 Å². The molecule has 0 unspecified atom stereocenters. The molecule has 1 heteroatoms. The zero-order chi connectivity index (χ0) is 19.0. The number of hydrogen-bond acceptors (Lipinski definition) is 1. The van der Waals surface area contributed by atoms with Crippen LogP contribution in [0.4, 0.5) is 0 Å². The molecule has 27 heavy (non-hydrogen) atoms. The highest BCUT2D eigenvalue weighted by molar-refractivity contribution is 5.17. The van der Waals surface area contributed by atoms with E-state index in [9.17, 15) is 0 Å². The third-order valence-electron chi connectivity index (χ3n) is 5.08. The van der Waals surface area contributed by atoms with Crippen molar-refractivity contribution in [3.8, 4) is 0 Å². The highest BCUT2D eigenvalue weighted by atomic mass is 15.1. The fourth-order valence-electron chi connectivity index (χ4n) is 3.55. The summed E-state index contributed by atoms with van der Waals surface area (Å²) < 4.78 is 0. The number of allylic oxidation sites excluding steroid dienone is 2. The van der Waals surface area contributed by atoms with E-state index >= 15 is 0 Å². The van der Waals surface area contributed by atoms with Crippen molar-refractivity contribution in [1.82, 2.24) is 4.90 Å². The first kappa shape index (κ1) is 21.4. The van der Waals surface area contributed by atoms with Crippen LogP contribution in [0.25, 0.3) is 0 Å². The van der Waals surface area contributed by atoms with Crippen LogP contribution >= 0.6 is 0 Å². The number of rotatable bonds is 14. The Morgan fingerprint density at radius 1 is 0.630 bits per heavy atom. The lowest BCUT2D eigenvalue weighted by molar-refractivity contribution is 0.250. The summed E-state index contributed by atoms with van der Waals surface area (Å²) in [5.41, 5.74) is 2.82. The van der Waals surface area contributed by atoms with Crippen LogP contribution in [0, 0.1) is 0 Å². The molecule has 2 aromatic rings. The highest BCUT2D eigenvalue weighted by Crippen LogP contribution is 2.13. The third-order valence-corrected chi connectivity index (χ3v) is 5.08. The van der Waals surface area contributed by atoms with Crippen LogP contribution in [0.3, 0.4) is 0 Å². The molecule has 1 nitrogen and oxygen atoms in total. The van der Waals surface area contributed by atoms with E-state index in [1.54, 1.807) is 0 Å². The van der Waals surface area contributed by atoms with Crippen LogP contribution in [0.5, 0.6) is 0 Å². The number of unbranched alkanes of at least 4 members (excludes halogenated alkanes) is 7. The summed E-state index contributed by atoms with van der Waals surface area (Å²) in [6, 6.07) is 21.7. The third kappa shape index (κ3) is 10.2. The van der Waals surface area contributed by atoms with Gasteiger partial charge in [-0.25, -0.2) is 0 Å². The number of hydrogen-bond donors (Lipinski definition) is 0. The highest BCUT2D eigenvalue weighted by Gasteiger charge is 2.07. The van der Waals surface area contributed by atoms with Gasteiger partial charge < -0.3 is 0 Å². The van der Waals surface area contributed by atoms with Crippen molar-refractivity contribution in [3.63, 3.8) is 0 Å². The molecule has 0 saturated heterocycles. The van der Waals surface area contributed by atoms with E-state index in [1.807, 2.05) is 0 Å². The largest absolute Gasteiger partial charge is 0.295 e. The average Bonchev–Trinajstić information content (AvgIpc) is 2.71. The lowest BCUT2D eigenvalue weighted by atomic mass is 10.1. The second-order valence-electron chi connectivity index (χ2n) is 7.51. The van der Waals surface area contributed by atoms with Crippen molar-refractivity contribution >= 4 is 0 Å². The van der Waals surface area contributed by atoms with Gasteiger partial charge in [0.05, 0.1) is 0 Å². The Bertz CT molecular complexity index is 561. The molecule has 0 atom stereocenters. The predicted molar refractivity (Wildman–Crippen MR) is 119 cm³/mol. The van der Waals surface area contributed by atoms with Gasteiger partial charge in [-0.2, -0.15) is 0 Å². The molecule has 2 rings (SSSR count). The quantitative estimate of drug-likeness (QED) is 0.250. The van der Waals surface area contributed by atoms with E-state index in [1.165, 1.54) is 69.0 Å².